The first kappa shape index (κ1) is 17.2. The molecule has 0 unspecified atom stereocenters. The molecule has 0 aromatic heterocycles. The molecule has 1 saturated heterocycles. The fourth-order valence-corrected chi connectivity index (χ4v) is 3.21. The fourth-order valence-electron chi connectivity index (χ4n) is 3.21. The molecular weight excluding hydrogens is 320 g/mol. The monoisotopic (exact) mass is 344 g/mol. The second-order valence-electron chi connectivity index (χ2n) is 7.68. The summed E-state index contributed by atoms with van der Waals surface area (Å²) in [5, 5.41) is 12.8. The maximum Gasteiger partial charge on any atom is 0.410 e. The summed E-state index contributed by atoms with van der Waals surface area (Å²) in [6.07, 6.45) is 1.22. The fraction of sp³-hybridized carbons (Fsp3) is 0.556. The summed E-state index contributed by atoms with van der Waals surface area (Å²) >= 11 is 0. The molecule has 1 aromatic carbocycles. The minimum atomic E-state index is -0.495. The number of piperidine rings is 1. The van der Waals surface area contributed by atoms with Crippen LogP contribution in [0, 0.1) is 11.3 Å². The number of nitrogens with two attached hydrogens (primary N) is 1. The van der Waals surface area contributed by atoms with Gasteiger partial charge >= 0.3 is 6.09 Å². The van der Waals surface area contributed by atoms with Gasteiger partial charge in [-0.3, -0.25) is 0 Å². The average molecular weight is 344 g/mol. The van der Waals surface area contributed by atoms with Crippen molar-refractivity contribution in [3.63, 3.8) is 0 Å². The van der Waals surface area contributed by atoms with E-state index in [1.165, 1.54) is 0 Å². The van der Waals surface area contributed by atoms with Crippen LogP contribution in [0.25, 0.3) is 0 Å². The van der Waals surface area contributed by atoms with Gasteiger partial charge in [0.15, 0.2) is 5.75 Å². The van der Waals surface area contributed by atoms with Gasteiger partial charge in [-0.2, -0.15) is 5.26 Å². The number of nitrogen functional groups attached to an aromatic ring is 1. The predicted molar refractivity (Wildman–Crippen MR) is 94.5 cm³/mol. The number of hydrogen-bond acceptors (Lipinski definition) is 6. The van der Waals surface area contributed by atoms with Crippen LogP contribution in [0.2, 0.25) is 0 Å². The van der Waals surface area contributed by atoms with Crippen LogP contribution < -0.4 is 15.8 Å². The number of likely N-dealkylation sites (tertiary alicyclic amines) is 1. The molecule has 0 bridgehead atoms. The summed E-state index contributed by atoms with van der Waals surface area (Å²) in [6.45, 7) is 7.23. The van der Waals surface area contributed by atoms with Gasteiger partial charge in [0.1, 0.15) is 23.8 Å². The zero-order valence-electron chi connectivity index (χ0n) is 14.9. The Morgan fingerprint density at radius 3 is 2.68 bits per heavy atom. The van der Waals surface area contributed by atoms with E-state index in [9.17, 15) is 10.1 Å². The lowest BCUT2D eigenvalue weighted by atomic mass is 9.86. The highest BCUT2D eigenvalue weighted by Crippen LogP contribution is 2.41. The molecule has 1 fully saturated rings. The van der Waals surface area contributed by atoms with Crippen LogP contribution in [0.3, 0.4) is 0 Å². The molecule has 3 N–H and O–H groups in total. The number of anilines is 2. The van der Waals surface area contributed by atoms with E-state index >= 15 is 0 Å². The van der Waals surface area contributed by atoms with Gasteiger partial charge in [0.05, 0.1) is 16.9 Å². The number of nitrogens with zero attached hydrogens (tertiary/aromatic N) is 2. The van der Waals surface area contributed by atoms with Crippen LogP contribution in [0.4, 0.5) is 16.2 Å². The van der Waals surface area contributed by atoms with Crippen molar-refractivity contribution in [2.45, 2.75) is 44.8 Å². The summed E-state index contributed by atoms with van der Waals surface area (Å²) in [4.78, 5) is 13.9. The number of amides is 1. The van der Waals surface area contributed by atoms with E-state index in [0.29, 0.717) is 36.7 Å². The third kappa shape index (κ3) is 3.43. The first-order chi connectivity index (χ1) is 11.7. The number of fused-ring (bicyclic) bond motifs is 1. The van der Waals surface area contributed by atoms with Crippen LogP contribution in [0.5, 0.6) is 5.75 Å². The number of nitrogens with one attached hydrogen (secondary N) is 1. The zero-order chi connectivity index (χ0) is 18.2. The lowest BCUT2D eigenvalue weighted by molar-refractivity contribution is 0.0149. The van der Waals surface area contributed by atoms with E-state index in [1.54, 1.807) is 11.0 Å². The highest BCUT2D eigenvalue weighted by atomic mass is 16.6. The number of nitriles is 1. The molecule has 7 heteroatoms. The van der Waals surface area contributed by atoms with Crippen molar-refractivity contribution in [1.82, 2.24) is 4.90 Å². The van der Waals surface area contributed by atoms with Crippen LogP contribution in [0.15, 0.2) is 12.1 Å². The minimum absolute atomic E-state index is 0.242. The van der Waals surface area contributed by atoms with E-state index in [4.69, 9.17) is 15.2 Å². The van der Waals surface area contributed by atoms with E-state index in [-0.39, 0.29) is 11.6 Å². The quantitative estimate of drug-likeness (QED) is 0.702. The Kier molecular flexibility index (Phi) is 4.15. The van der Waals surface area contributed by atoms with Crippen molar-refractivity contribution in [3.8, 4) is 11.8 Å². The first-order valence-corrected chi connectivity index (χ1v) is 8.44. The lowest BCUT2D eigenvalue weighted by Crippen LogP contribution is -2.55. The normalized spacial score (nSPS) is 18.6. The average Bonchev–Trinajstić information content (AvgIpc) is 2.54. The Labute approximate surface area is 147 Å². The minimum Gasteiger partial charge on any atom is -0.487 e. The standard InChI is InChI=1S/C18H24N4O3/c1-17(2,3)25-16(23)22-8-6-18(7-9-22)11-24-15-12(10-19)13(20)4-5-14(15)21-18/h4-5,21H,6-9,11,20H2,1-3H3. The van der Waals surface area contributed by atoms with Gasteiger partial charge in [0.25, 0.3) is 0 Å². The topological polar surface area (TPSA) is 101 Å². The van der Waals surface area contributed by atoms with E-state index in [0.717, 1.165) is 18.5 Å². The Morgan fingerprint density at radius 1 is 1.40 bits per heavy atom. The highest BCUT2D eigenvalue weighted by Gasteiger charge is 2.41. The van der Waals surface area contributed by atoms with Crippen LogP contribution in [-0.2, 0) is 4.74 Å². The molecule has 134 valence electrons. The molecule has 3 rings (SSSR count). The van der Waals surface area contributed by atoms with Crippen LogP contribution >= 0.6 is 0 Å². The summed E-state index contributed by atoms with van der Waals surface area (Å²) < 4.78 is 11.3. The molecule has 0 aliphatic carbocycles. The summed E-state index contributed by atoms with van der Waals surface area (Å²) in [5.74, 6) is 0.516. The van der Waals surface area contributed by atoms with E-state index < -0.39 is 5.60 Å². The third-order valence-corrected chi connectivity index (χ3v) is 4.57. The predicted octanol–water partition coefficient (Wildman–Crippen LogP) is 2.71. The second-order valence-corrected chi connectivity index (χ2v) is 7.68. The summed E-state index contributed by atoms with van der Waals surface area (Å²) in [5.41, 5.74) is 6.66. The van der Waals surface area contributed by atoms with Gasteiger partial charge in [-0.05, 0) is 45.7 Å². The van der Waals surface area contributed by atoms with Gasteiger partial charge in [-0.15, -0.1) is 0 Å². The van der Waals surface area contributed by atoms with Crippen LogP contribution in [-0.4, -0.2) is 41.8 Å². The van der Waals surface area contributed by atoms with Gasteiger partial charge in [0.2, 0.25) is 0 Å². The van der Waals surface area contributed by atoms with Crippen molar-refractivity contribution in [2.24, 2.45) is 0 Å². The Morgan fingerprint density at radius 2 is 2.08 bits per heavy atom. The van der Waals surface area contributed by atoms with E-state index in [1.807, 2.05) is 26.8 Å². The molecular formula is C18H24N4O3. The molecule has 1 aromatic rings. The highest BCUT2D eigenvalue weighted by molar-refractivity contribution is 5.74. The molecule has 0 radical (unpaired) electrons. The molecule has 25 heavy (non-hydrogen) atoms. The molecule has 2 aliphatic heterocycles. The SMILES string of the molecule is CC(C)(C)OC(=O)N1CCC2(CC1)COc1c(ccc(N)c1C#N)N2. The Balaban J connectivity index is 1.69. The Bertz CT molecular complexity index is 725. The number of benzene rings is 1. The van der Waals surface area contributed by atoms with Crippen LogP contribution in [0.1, 0.15) is 39.2 Å². The number of hydrogen-bond donors (Lipinski definition) is 2. The summed E-state index contributed by atoms with van der Waals surface area (Å²) in [6, 6.07) is 5.65. The molecule has 2 aliphatic rings. The lowest BCUT2D eigenvalue weighted by Gasteiger charge is -2.45. The maximum absolute atomic E-state index is 12.2. The number of ether oxygens (including phenoxy) is 2. The van der Waals surface area contributed by atoms with Gasteiger partial charge in [-0.1, -0.05) is 0 Å². The zero-order valence-corrected chi connectivity index (χ0v) is 14.9. The maximum atomic E-state index is 12.2. The molecule has 0 saturated carbocycles. The number of carbonyl (C=O) groups is 1. The molecule has 2 heterocycles. The second kappa shape index (κ2) is 6.03. The van der Waals surface area contributed by atoms with Gasteiger partial charge < -0.3 is 25.4 Å². The van der Waals surface area contributed by atoms with Crippen molar-refractivity contribution in [2.75, 3.05) is 30.7 Å². The van der Waals surface area contributed by atoms with Gasteiger partial charge in [-0.25, -0.2) is 4.79 Å². The van der Waals surface area contributed by atoms with Crippen molar-refractivity contribution in [3.05, 3.63) is 17.7 Å². The van der Waals surface area contributed by atoms with Gasteiger partial charge in [0, 0.05) is 13.1 Å². The number of carbonyl (C=O) groups excluding carboxylic acids is 1. The van der Waals surface area contributed by atoms with E-state index in [2.05, 4.69) is 11.4 Å². The first-order valence-electron chi connectivity index (χ1n) is 8.44. The largest absolute Gasteiger partial charge is 0.487 e. The molecule has 1 spiro atoms. The Hall–Kier alpha value is -2.62. The molecule has 7 nitrogen and oxygen atoms in total. The van der Waals surface area contributed by atoms with Crippen molar-refractivity contribution in [1.29, 1.82) is 5.26 Å². The number of rotatable bonds is 0. The smallest absolute Gasteiger partial charge is 0.410 e. The molecule has 1 amide bonds. The van der Waals surface area contributed by atoms with Crippen molar-refractivity contribution < 1.29 is 14.3 Å². The summed E-state index contributed by atoms with van der Waals surface area (Å²) in [7, 11) is 0. The third-order valence-electron chi connectivity index (χ3n) is 4.57. The molecule has 0 atom stereocenters. The van der Waals surface area contributed by atoms with Crippen molar-refractivity contribution >= 4 is 17.5 Å².